The lowest BCUT2D eigenvalue weighted by Crippen LogP contribution is -2.20. The molecule has 0 amide bonds. The van der Waals surface area contributed by atoms with Gasteiger partial charge < -0.3 is 5.21 Å². The van der Waals surface area contributed by atoms with E-state index >= 15 is 0 Å². The summed E-state index contributed by atoms with van der Waals surface area (Å²) in [6.07, 6.45) is 2.78. The normalized spacial score (nSPS) is 11.3. The summed E-state index contributed by atoms with van der Waals surface area (Å²) >= 11 is 1.44. The highest BCUT2D eigenvalue weighted by molar-refractivity contribution is 7.98. The molecule has 0 aliphatic carbocycles. The molecule has 0 aliphatic heterocycles. The summed E-state index contributed by atoms with van der Waals surface area (Å²) in [6, 6.07) is 15.3. The molecule has 0 saturated carbocycles. The molecule has 1 aromatic carbocycles. The second-order valence-corrected chi connectivity index (χ2v) is 5.55. The van der Waals surface area contributed by atoms with E-state index in [9.17, 15) is 4.79 Å². The van der Waals surface area contributed by atoms with Gasteiger partial charge in [-0.2, -0.15) is 0 Å². The van der Waals surface area contributed by atoms with Crippen LogP contribution in [0.15, 0.2) is 69.7 Å². The fourth-order valence-electron chi connectivity index (χ4n) is 2.09. The number of fused-ring (bicyclic) bond motifs is 1. The largest absolute Gasteiger partial charge is 0.411 e. The first-order valence-corrected chi connectivity index (χ1v) is 7.63. The maximum atomic E-state index is 12.5. The van der Waals surface area contributed by atoms with Gasteiger partial charge in [0.1, 0.15) is 10.7 Å². The third kappa shape index (κ3) is 2.87. The number of pyridine rings is 1. The van der Waals surface area contributed by atoms with E-state index in [1.54, 1.807) is 18.3 Å². The van der Waals surface area contributed by atoms with E-state index in [4.69, 9.17) is 5.21 Å². The predicted octanol–water partition coefficient (Wildman–Crippen LogP) is 2.79. The Bertz CT molecular complexity index is 875. The maximum Gasteiger partial charge on any atom is 0.267 e. The zero-order valence-corrected chi connectivity index (χ0v) is 12.4. The molecular weight excluding hydrogens is 298 g/mol. The van der Waals surface area contributed by atoms with Crippen molar-refractivity contribution in [3.05, 3.63) is 76.2 Å². The Morgan fingerprint density at radius 3 is 2.73 bits per heavy atom. The molecule has 0 fully saturated rings. The molecule has 110 valence electrons. The fourth-order valence-corrected chi connectivity index (χ4v) is 3.04. The monoisotopic (exact) mass is 311 g/mol. The molecule has 3 rings (SSSR count). The third-order valence-corrected chi connectivity index (χ3v) is 4.20. The van der Waals surface area contributed by atoms with Gasteiger partial charge in [-0.3, -0.25) is 9.20 Å². The van der Waals surface area contributed by atoms with Crippen LogP contribution in [0.4, 0.5) is 0 Å². The summed E-state index contributed by atoms with van der Waals surface area (Å²) in [4.78, 5) is 17.0. The second kappa shape index (κ2) is 6.44. The number of hydrogen-bond donors (Lipinski definition) is 1. The quantitative estimate of drug-likeness (QED) is 0.264. The number of rotatable bonds is 4. The van der Waals surface area contributed by atoms with Crippen LogP contribution in [0.25, 0.3) is 5.65 Å². The highest BCUT2D eigenvalue weighted by Crippen LogP contribution is 2.22. The Balaban J connectivity index is 2.03. The second-order valence-electron chi connectivity index (χ2n) is 4.58. The lowest BCUT2D eigenvalue weighted by molar-refractivity contribution is 0.321. The van der Waals surface area contributed by atoms with E-state index in [0.717, 1.165) is 11.8 Å². The topological polar surface area (TPSA) is 67.0 Å². The molecule has 0 atom stereocenters. The van der Waals surface area contributed by atoms with Crippen molar-refractivity contribution in [2.45, 2.75) is 10.8 Å². The molecule has 0 aliphatic rings. The van der Waals surface area contributed by atoms with E-state index in [1.165, 1.54) is 16.2 Å². The van der Waals surface area contributed by atoms with Crippen LogP contribution in [0.3, 0.4) is 0 Å². The molecule has 1 N–H and O–H groups in total. The van der Waals surface area contributed by atoms with Gasteiger partial charge in [0.25, 0.3) is 5.56 Å². The van der Waals surface area contributed by atoms with Crippen molar-refractivity contribution in [1.29, 1.82) is 0 Å². The van der Waals surface area contributed by atoms with Gasteiger partial charge in [0.15, 0.2) is 0 Å². The molecule has 0 radical (unpaired) electrons. The van der Waals surface area contributed by atoms with E-state index in [1.807, 2.05) is 36.4 Å². The molecule has 0 saturated heterocycles. The molecular formula is C16H13N3O2S. The van der Waals surface area contributed by atoms with Gasteiger partial charge in [-0.05, 0) is 17.7 Å². The van der Waals surface area contributed by atoms with Crippen molar-refractivity contribution < 1.29 is 5.21 Å². The number of oxime groups is 1. The SMILES string of the molecule is O=c1c(/C=N\O)c(SCc2ccccc2)nc2ccccn12. The third-order valence-electron chi connectivity index (χ3n) is 3.14. The van der Waals surface area contributed by atoms with Crippen LogP contribution in [0, 0.1) is 0 Å². The molecule has 0 bridgehead atoms. The Morgan fingerprint density at radius 2 is 1.95 bits per heavy atom. The average molecular weight is 311 g/mol. The van der Waals surface area contributed by atoms with Crippen molar-refractivity contribution in [1.82, 2.24) is 9.38 Å². The summed E-state index contributed by atoms with van der Waals surface area (Å²) < 4.78 is 1.43. The zero-order valence-electron chi connectivity index (χ0n) is 11.6. The number of benzene rings is 1. The van der Waals surface area contributed by atoms with Crippen molar-refractivity contribution in [3.8, 4) is 0 Å². The Labute approximate surface area is 130 Å². The predicted molar refractivity (Wildman–Crippen MR) is 86.8 cm³/mol. The van der Waals surface area contributed by atoms with Gasteiger partial charge in [0.2, 0.25) is 0 Å². The molecule has 2 aromatic heterocycles. The zero-order chi connectivity index (χ0) is 15.4. The maximum absolute atomic E-state index is 12.5. The van der Waals surface area contributed by atoms with Gasteiger partial charge in [0.05, 0.1) is 11.8 Å². The average Bonchev–Trinajstić information content (AvgIpc) is 2.57. The summed E-state index contributed by atoms with van der Waals surface area (Å²) in [5.41, 5.74) is 1.73. The van der Waals surface area contributed by atoms with E-state index in [0.29, 0.717) is 16.4 Å². The Morgan fingerprint density at radius 1 is 1.18 bits per heavy atom. The van der Waals surface area contributed by atoms with Gasteiger partial charge in [-0.15, -0.1) is 11.8 Å². The van der Waals surface area contributed by atoms with Crippen molar-refractivity contribution >= 4 is 23.6 Å². The van der Waals surface area contributed by atoms with Gasteiger partial charge in [0, 0.05) is 11.9 Å². The van der Waals surface area contributed by atoms with Crippen LogP contribution in [0.5, 0.6) is 0 Å². The van der Waals surface area contributed by atoms with E-state index < -0.39 is 0 Å². The van der Waals surface area contributed by atoms with E-state index in [-0.39, 0.29) is 11.1 Å². The minimum absolute atomic E-state index is 0.251. The smallest absolute Gasteiger partial charge is 0.267 e. The van der Waals surface area contributed by atoms with Crippen molar-refractivity contribution in [2.75, 3.05) is 0 Å². The van der Waals surface area contributed by atoms with Gasteiger partial charge in [-0.25, -0.2) is 4.98 Å². The number of aromatic nitrogens is 2. The number of nitrogens with zero attached hydrogens (tertiary/aromatic N) is 3. The molecule has 2 heterocycles. The highest BCUT2D eigenvalue weighted by atomic mass is 32.2. The minimum atomic E-state index is -0.251. The van der Waals surface area contributed by atoms with Gasteiger partial charge in [-0.1, -0.05) is 41.6 Å². The fraction of sp³-hybridized carbons (Fsp3) is 0.0625. The first-order chi connectivity index (χ1) is 10.8. The summed E-state index contributed by atoms with van der Waals surface area (Å²) in [5.74, 6) is 0.683. The van der Waals surface area contributed by atoms with Crippen LogP contribution in [-0.2, 0) is 5.75 Å². The standard InChI is InChI=1S/C16H13N3O2S/c20-16-13(10-17-21)15(18-14-8-4-5-9-19(14)16)22-11-12-6-2-1-3-7-12/h1-10,21H,11H2/b17-10-. The number of hydrogen-bond acceptors (Lipinski definition) is 5. The van der Waals surface area contributed by atoms with Crippen LogP contribution in [0.1, 0.15) is 11.1 Å². The Hall–Kier alpha value is -2.60. The van der Waals surface area contributed by atoms with Crippen LogP contribution in [0.2, 0.25) is 0 Å². The molecule has 3 aromatic rings. The van der Waals surface area contributed by atoms with Crippen molar-refractivity contribution in [3.63, 3.8) is 0 Å². The summed E-state index contributed by atoms with van der Waals surface area (Å²) in [6.45, 7) is 0. The van der Waals surface area contributed by atoms with Crippen LogP contribution < -0.4 is 5.56 Å². The van der Waals surface area contributed by atoms with E-state index in [2.05, 4.69) is 10.1 Å². The molecule has 0 spiro atoms. The summed E-state index contributed by atoms with van der Waals surface area (Å²) in [5, 5.41) is 12.4. The Kier molecular flexibility index (Phi) is 4.20. The molecule has 6 heteroatoms. The minimum Gasteiger partial charge on any atom is -0.411 e. The van der Waals surface area contributed by atoms with Crippen LogP contribution in [-0.4, -0.2) is 20.8 Å². The molecule has 0 unspecified atom stereocenters. The molecule has 5 nitrogen and oxygen atoms in total. The summed E-state index contributed by atoms with van der Waals surface area (Å²) in [7, 11) is 0. The first-order valence-electron chi connectivity index (χ1n) is 6.65. The highest BCUT2D eigenvalue weighted by Gasteiger charge is 2.12. The van der Waals surface area contributed by atoms with Crippen LogP contribution >= 0.6 is 11.8 Å². The first kappa shape index (κ1) is 14.3. The molecule has 22 heavy (non-hydrogen) atoms. The number of thioether (sulfide) groups is 1. The lowest BCUT2D eigenvalue weighted by Gasteiger charge is -2.07. The van der Waals surface area contributed by atoms with Crippen molar-refractivity contribution in [2.24, 2.45) is 5.16 Å². The lowest BCUT2D eigenvalue weighted by atomic mass is 10.2. The van der Waals surface area contributed by atoms with Gasteiger partial charge >= 0.3 is 0 Å².